The third-order valence-corrected chi connectivity index (χ3v) is 2.25. The molecule has 0 radical (unpaired) electrons. The lowest BCUT2D eigenvalue weighted by Gasteiger charge is -2.03. The van der Waals surface area contributed by atoms with Gasteiger partial charge >= 0.3 is 0 Å². The molecule has 0 atom stereocenters. The van der Waals surface area contributed by atoms with E-state index in [0.29, 0.717) is 0 Å². The van der Waals surface area contributed by atoms with E-state index in [4.69, 9.17) is 5.73 Å². The molecule has 0 bridgehead atoms. The molecular weight excluding hydrogens is 152 g/mol. The number of anilines is 1. The first kappa shape index (κ1) is 7.61. The highest BCUT2D eigenvalue weighted by atomic mass is 15.1. The first-order chi connectivity index (χ1) is 5.77. The lowest BCUT2D eigenvalue weighted by Crippen LogP contribution is -2.18. The fourth-order valence-electron chi connectivity index (χ4n) is 1.15. The fourth-order valence-corrected chi connectivity index (χ4v) is 1.15. The van der Waals surface area contributed by atoms with Crippen molar-refractivity contribution in [2.24, 2.45) is 7.05 Å². The number of hydrogen-bond donors (Lipinski definition) is 2. The molecule has 1 aromatic rings. The summed E-state index contributed by atoms with van der Waals surface area (Å²) >= 11 is 0. The molecule has 3 N–H and O–H groups in total. The number of rotatable bonds is 3. The van der Waals surface area contributed by atoms with Crippen molar-refractivity contribution in [1.82, 2.24) is 14.9 Å². The molecule has 1 heterocycles. The monoisotopic (exact) mass is 166 g/mol. The summed E-state index contributed by atoms with van der Waals surface area (Å²) in [5.41, 5.74) is 5.64. The summed E-state index contributed by atoms with van der Waals surface area (Å²) in [5, 5.41) is 3.39. The van der Waals surface area contributed by atoms with Crippen molar-refractivity contribution in [2.45, 2.75) is 25.4 Å². The summed E-state index contributed by atoms with van der Waals surface area (Å²) in [6, 6.07) is 0.725. The van der Waals surface area contributed by atoms with Gasteiger partial charge in [-0.15, -0.1) is 0 Å². The molecule has 4 nitrogen and oxygen atoms in total. The van der Waals surface area contributed by atoms with E-state index in [0.717, 1.165) is 24.2 Å². The van der Waals surface area contributed by atoms with Crippen LogP contribution >= 0.6 is 0 Å². The molecule has 1 saturated carbocycles. The normalized spacial score (nSPS) is 16.8. The zero-order valence-corrected chi connectivity index (χ0v) is 7.25. The van der Waals surface area contributed by atoms with Crippen LogP contribution < -0.4 is 11.1 Å². The summed E-state index contributed by atoms with van der Waals surface area (Å²) < 4.78 is 1.91. The molecule has 0 aliphatic heterocycles. The van der Waals surface area contributed by atoms with Crippen LogP contribution in [0.4, 0.5) is 5.82 Å². The molecular formula is C8H14N4. The molecule has 1 aliphatic carbocycles. The SMILES string of the molecule is Cn1c(N)cnc1CNC1CC1. The van der Waals surface area contributed by atoms with Gasteiger partial charge in [0.1, 0.15) is 11.6 Å². The number of nitrogens with zero attached hydrogens (tertiary/aromatic N) is 2. The van der Waals surface area contributed by atoms with Gasteiger partial charge in [0.15, 0.2) is 0 Å². The van der Waals surface area contributed by atoms with E-state index in [1.165, 1.54) is 12.8 Å². The van der Waals surface area contributed by atoms with Gasteiger partial charge in [0.2, 0.25) is 0 Å². The van der Waals surface area contributed by atoms with Crippen LogP contribution in [-0.4, -0.2) is 15.6 Å². The predicted molar refractivity (Wildman–Crippen MR) is 47.5 cm³/mol. The highest BCUT2D eigenvalue weighted by molar-refractivity contribution is 5.27. The van der Waals surface area contributed by atoms with Crippen LogP contribution in [0.5, 0.6) is 0 Å². The number of nitrogens with one attached hydrogen (secondary N) is 1. The molecule has 66 valence electrons. The Hall–Kier alpha value is -1.03. The molecule has 0 unspecified atom stereocenters. The maximum absolute atomic E-state index is 5.64. The maximum atomic E-state index is 5.64. The lowest BCUT2D eigenvalue weighted by molar-refractivity contribution is 0.637. The summed E-state index contributed by atoms with van der Waals surface area (Å²) in [7, 11) is 1.94. The Kier molecular flexibility index (Phi) is 1.77. The molecule has 2 rings (SSSR count). The predicted octanol–water partition coefficient (Wildman–Crippen LogP) is 0.254. The standard InChI is InChI=1S/C8H14N4/c1-12-7(9)4-11-8(12)5-10-6-2-3-6/h4,6,10H,2-3,5,9H2,1H3. The van der Waals surface area contributed by atoms with Crippen LogP contribution in [0.15, 0.2) is 6.20 Å². The smallest absolute Gasteiger partial charge is 0.124 e. The van der Waals surface area contributed by atoms with E-state index in [2.05, 4.69) is 10.3 Å². The van der Waals surface area contributed by atoms with Crippen LogP contribution in [-0.2, 0) is 13.6 Å². The van der Waals surface area contributed by atoms with E-state index in [-0.39, 0.29) is 0 Å². The molecule has 1 aliphatic rings. The van der Waals surface area contributed by atoms with Crippen LogP contribution in [0, 0.1) is 0 Å². The minimum Gasteiger partial charge on any atom is -0.384 e. The van der Waals surface area contributed by atoms with Gasteiger partial charge in [0.25, 0.3) is 0 Å². The van der Waals surface area contributed by atoms with Crippen molar-refractivity contribution in [3.8, 4) is 0 Å². The fraction of sp³-hybridized carbons (Fsp3) is 0.625. The molecule has 0 aromatic carbocycles. The molecule has 12 heavy (non-hydrogen) atoms. The van der Waals surface area contributed by atoms with Gasteiger partial charge in [0, 0.05) is 13.1 Å². The Morgan fingerprint density at radius 1 is 1.75 bits per heavy atom. The second kappa shape index (κ2) is 2.79. The molecule has 4 heteroatoms. The second-order valence-corrected chi connectivity index (χ2v) is 3.31. The number of hydrogen-bond acceptors (Lipinski definition) is 3. The average molecular weight is 166 g/mol. The number of nitrogens with two attached hydrogens (primary N) is 1. The van der Waals surface area contributed by atoms with Gasteiger partial charge < -0.3 is 15.6 Å². The first-order valence-electron chi connectivity index (χ1n) is 4.27. The summed E-state index contributed by atoms with van der Waals surface area (Å²) in [6.45, 7) is 0.832. The zero-order valence-electron chi connectivity index (χ0n) is 7.25. The third-order valence-electron chi connectivity index (χ3n) is 2.25. The largest absolute Gasteiger partial charge is 0.384 e. The minimum absolute atomic E-state index is 0.725. The van der Waals surface area contributed by atoms with Crippen LogP contribution in [0.1, 0.15) is 18.7 Å². The average Bonchev–Trinajstić information content (AvgIpc) is 2.82. The van der Waals surface area contributed by atoms with Crippen molar-refractivity contribution < 1.29 is 0 Å². The van der Waals surface area contributed by atoms with Gasteiger partial charge in [-0.3, -0.25) is 0 Å². The molecule has 0 spiro atoms. The highest BCUT2D eigenvalue weighted by Gasteiger charge is 2.20. The van der Waals surface area contributed by atoms with Gasteiger partial charge in [-0.05, 0) is 12.8 Å². The van der Waals surface area contributed by atoms with Gasteiger partial charge in [-0.25, -0.2) is 4.98 Å². The molecule has 0 amide bonds. The molecule has 0 saturated heterocycles. The van der Waals surface area contributed by atoms with Gasteiger partial charge in [-0.1, -0.05) is 0 Å². The lowest BCUT2D eigenvalue weighted by atomic mass is 10.5. The van der Waals surface area contributed by atoms with Crippen LogP contribution in [0.2, 0.25) is 0 Å². The zero-order chi connectivity index (χ0) is 8.55. The van der Waals surface area contributed by atoms with Gasteiger partial charge in [0.05, 0.1) is 12.7 Å². The topological polar surface area (TPSA) is 55.9 Å². The van der Waals surface area contributed by atoms with E-state index in [1.54, 1.807) is 6.20 Å². The second-order valence-electron chi connectivity index (χ2n) is 3.31. The maximum Gasteiger partial charge on any atom is 0.124 e. The van der Waals surface area contributed by atoms with Crippen molar-refractivity contribution in [1.29, 1.82) is 0 Å². The van der Waals surface area contributed by atoms with E-state index >= 15 is 0 Å². The summed E-state index contributed by atoms with van der Waals surface area (Å²) in [6.07, 6.45) is 4.31. The number of imidazole rings is 1. The van der Waals surface area contributed by atoms with E-state index < -0.39 is 0 Å². The van der Waals surface area contributed by atoms with Crippen molar-refractivity contribution in [3.63, 3.8) is 0 Å². The van der Waals surface area contributed by atoms with E-state index in [9.17, 15) is 0 Å². The van der Waals surface area contributed by atoms with Crippen molar-refractivity contribution in [2.75, 3.05) is 5.73 Å². The summed E-state index contributed by atoms with van der Waals surface area (Å²) in [4.78, 5) is 4.19. The minimum atomic E-state index is 0.725. The van der Waals surface area contributed by atoms with Crippen LogP contribution in [0.3, 0.4) is 0 Å². The van der Waals surface area contributed by atoms with Gasteiger partial charge in [-0.2, -0.15) is 0 Å². The number of aromatic nitrogens is 2. The molecule has 1 aromatic heterocycles. The van der Waals surface area contributed by atoms with Crippen molar-refractivity contribution >= 4 is 5.82 Å². The third kappa shape index (κ3) is 1.43. The molecule has 1 fully saturated rings. The Morgan fingerprint density at radius 2 is 2.50 bits per heavy atom. The van der Waals surface area contributed by atoms with Crippen molar-refractivity contribution in [3.05, 3.63) is 12.0 Å². The highest BCUT2D eigenvalue weighted by Crippen LogP contribution is 2.19. The Morgan fingerprint density at radius 3 is 3.00 bits per heavy atom. The summed E-state index contributed by atoms with van der Waals surface area (Å²) in [5.74, 6) is 1.74. The first-order valence-corrected chi connectivity index (χ1v) is 4.27. The van der Waals surface area contributed by atoms with E-state index in [1.807, 2.05) is 11.6 Å². The van der Waals surface area contributed by atoms with Crippen LogP contribution in [0.25, 0.3) is 0 Å². The Bertz CT molecular complexity index is 275. The Labute approximate surface area is 71.8 Å². The Balaban J connectivity index is 1.96. The quantitative estimate of drug-likeness (QED) is 0.677. The number of nitrogen functional groups attached to an aromatic ring is 1.